The van der Waals surface area contributed by atoms with E-state index in [9.17, 15) is 14.4 Å². The van der Waals surface area contributed by atoms with Crippen molar-refractivity contribution in [2.75, 3.05) is 13.1 Å². The van der Waals surface area contributed by atoms with E-state index in [0.717, 1.165) is 25.7 Å². The van der Waals surface area contributed by atoms with Gasteiger partial charge >= 0.3 is 0 Å². The second kappa shape index (κ2) is 9.29. The Morgan fingerprint density at radius 2 is 1.58 bits per heavy atom. The molecule has 3 amide bonds. The zero-order valence-corrected chi connectivity index (χ0v) is 17.7. The summed E-state index contributed by atoms with van der Waals surface area (Å²) in [6.07, 6.45) is 5.80. The van der Waals surface area contributed by atoms with Gasteiger partial charge in [-0.15, -0.1) is 6.58 Å². The monoisotopic (exact) mass is 416 g/mol. The molecule has 1 saturated heterocycles. The van der Waals surface area contributed by atoms with Crippen LogP contribution in [0.2, 0.25) is 0 Å². The van der Waals surface area contributed by atoms with E-state index in [1.54, 1.807) is 24.3 Å². The fourth-order valence-corrected chi connectivity index (χ4v) is 4.71. The Hall–Kier alpha value is -3.21. The molecular formula is C26H28N2O3. The molecule has 2 aliphatic heterocycles. The highest BCUT2D eigenvalue weighted by Crippen LogP contribution is 2.31. The molecule has 5 heteroatoms. The maximum atomic E-state index is 13.1. The predicted octanol–water partition coefficient (Wildman–Crippen LogP) is 4.10. The number of hydrogen-bond donors (Lipinski definition) is 0. The van der Waals surface area contributed by atoms with E-state index in [2.05, 4.69) is 18.7 Å². The van der Waals surface area contributed by atoms with Crippen LogP contribution >= 0.6 is 0 Å². The van der Waals surface area contributed by atoms with Gasteiger partial charge in [0.15, 0.2) is 0 Å². The van der Waals surface area contributed by atoms with Crippen LogP contribution in [0.5, 0.6) is 0 Å². The van der Waals surface area contributed by atoms with E-state index in [-0.39, 0.29) is 36.2 Å². The highest BCUT2D eigenvalue weighted by molar-refractivity contribution is 6.21. The van der Waals surface area contributed by atoms with Crippen LogP contribution in [0.3, 0.4) is 0 Å². The standard InChI is InChI=1S/C26H28N2O3/c1-2-3-13-20-17-21(18-28-25(30)22-14-7-8-15-23(22)26(28)31)27(24(20)29)16-9-12-19-10-5-4-6-11-19/h2,4-8,10-11,14-15,20-21H,1,3,9,12-13,16-18H2. The van der Waals surface area contributed by atoms with Crippen molar-refractivity contribution in [2.24, 2.45) is 5.92 Å². The van der Waals surface area contributed by atoms with Crippen molar-refractivity contribution in [3.8, 4) is 0 Å². The summed E-state index contributed by atoms with van der Waals surface area (Å²) in [6.45, 7) is 4.66. The van der Waals surface area contributed by atoms with Crippen molar-refractivity contribution in [3.63, 3.8) is 0 Å². The quantitative estimate of drug-likeness (QED) is 0.457. The largest absolute Gasteiger partial charge is 0.338 e. The average Bonchev–Trinajstić information content (AvgIpc) is 3.22. The van der Waals surface area contributed by atoms with Crippen LogP contribution in [0.4, 0.5) is 0 Å². The van der Waals surface area contributed by atoms with Gasteiger partial charge in [-0.1, -0.05) is 48.5 Å². The first-order valence-corrected chi connectivity index (χ1v) is 11.0. The third-order valence-electron chi connectivity index (χ3n) is 6.33. The summed E-state index contributed by atoms with van der Waals surface area (Å²) in [5, 5.41) is 0. The third-order valence-corrected chi connectivity index (χ3v) is 6.33. The molecule has 5 nitrogen and oxygen atoms in total. The zero-order chi connectivity index (χ0) is 21.8. The Morgan fingerprint density at radius 3 is 2.23 bits per heavy atom. The molecule has 31 heavy (non-hydrogen) atoms. The van der Waals surface area contributed by atoms with Crippen molar-refractivity contribution in [2.45, 2.75) is 38.1 Å². The number of benzene rings is 2. The van der Waals surface area contributed by atoms with Gasteiger partial charge in [-0.2, -0.15) is 0 Å². The number of amides is 3. The SMILES string of the molecule is C=CCCC1CC(CN2C(=O)c3ccccc3C2=O)N(CCCc2ccccc2)C1=O. The van der Waals surface area contributed by atoms with E-state index >= 15 is 0 Å². The minimum Gasteiger partial charge on any atom is -0.338 e. The van der Waals surface area contributed by atoms with Crippen molar-refractivity contribution in [3.05, 3.63) is 83.9 Å². The molecule has 1 fully saturated rings. The molecular weight excluding hydrogens is 388 g/mol. The van der Waals surface area contributed by atoms with Gasteiger partial charge in [0.2, 0.25) is 5.91 Å². The van der Waals surface area contributed by atoms with Crippen molar-refractivity contribution in [1.82, 2.24) is 9.80 Å². The number of nitrogens with zero attached hydrogens (tertiary/aromatic N) is 2. The number of aryl methyl sites for hydroxylation is 1. The molecule has 0 bridgehead atoms. The number of hydrogen-bond acceptors (Lipinski definition) is 3. The lowest BCUT2D eigenvalue weighted by atomic mass is 9.99. The van der Waals surface area contributed by atoms with E-state index < -0.39 is 0 Å². The summed E-state index contributed by atoms with van der Waals surface area (Å²) in [6, 6.07) is 17.0. The molecule has 2 aromatic carbocycles. The van der Waals surface area contributed by atoms with Gasteiger partial charge in [-0.05, 0) is 49.8 Å². The fraction of sp³-hybridized carbons (Fsp3) is 0.346. The van der Waals surface area contributed by atoms with E-state index in [1.807, 2.05) is 29.2 Å². The highest BCUT2D eigenvalue weighted by Gasteiger charge is 2.43. The van der Waals surface area contributed by atoms with Crippen LogP contribution < -0.4 is 0 Å². The smallest absolute Gasteiger partial charge is 0.261 e. The van der Waals surface area contributed by atoms with E-state index in [4.69, 9.17) is 0 Å². The topological polar surface area (TPSA) is 57.7 Å². The summed E-state index contributed by atoms with van der Waals surface area (Å²) in [5.74, 6) is -0.454. The second-order valence-electron chi connectivity index (χ2n) is 8.34. The van der Waals surface area contributed by atoms with Crippen molar-refractivity contribution >= 4 is 17.7 Å². The zero-order valence-electron chi connectivity index (χ0n) is 17.7. The lowest BCUT2D eigenvalue weighted by Gasteiger charge is -2.28. The first-order chi connectivity index (χ1) is 15.1. The third kappa shape index (κ3) is 4.31. The summed E-state index contributed by atoms with van der Waals surface area (Å²) < 4.78 is 0. The Kier molecular flexibility index (Phi) is 6.31. The van der Waals surface area contributed by atoms with Crippen molar-refractivity contribution in [1.29, 1.82) is 0 Å². The Balaban J connectivity index is 1.46. The summed E-state index contributed by atoms with van der Waals surface area (Å²) in [4.78, 5) is 42.0. The average molecular weight is 417 g/mol. The van der Waals surface area contributed by atoms with Gasteiger partial charge in [-0.25, -0.2) is 0 Å². The summed E-state index contributed by atoms with van der Waals surface area (Å²) in [5.41, 5.74) is 2.15. The highest BCUT2D eigenvalue weighted by atomic mass is 16.2. The van der Waals surface area contributed by atoms with Gasteiger partial charge in [0, 0.05) is 19.0 Å². The van der Waals surface area contributed by atoms with E-state index in [0.29, 0.717) is 24.1 Å². The Morgan fingerprint density at radius 1 is 0.935 bits per heavy atom. The molecule has 0 radical (unpaired) electrons. The maximum absolute atomic E-state index is 13.1. The number of rotatable bonds is 9. The molecule has 0 saturated carbocycles. The first kappa shape index (κ1) is 21.0. The number of allylic oxidation sites excluding steroid dienone is 1. The van der Waals surface area contributed by atoms with Crippen LogP contribution in [0.1, 0.15) is 52.0 Å². The number of carbonyl (C=O) groups excluding carboxylic acids is 3. The molecule has 2 aromatic rings. The van der Waals surface area contributed by atoms with Gasteiger partial charge < -0.3 is 4.90 Å². The molecule has 0 aromatic heterocycles. The number of imide groups is 1. The van der Waals surface area contributed by atoms with E-state index in [1.165, 1.54) is 10.5 Å². The number of carbonyl (C=O) groups is 3. The molecule has 160 valence electrons. The molecule has 0 N–H and O–H groups in total. The fourth-order valence-electron chi connectivity index (χ4n) is 4.71. The summed E-state index contributed by atoms with van der Waals surface area (Å²) >= 11 is 0. The minimum absolute atomic E-state index is 0.0742. The van der Waals surface area contributed by atoms with Crippen LogP contribution in [0.25, 0.3) is 0 Å². The molecule has 2 unspecified atom stereocenters. The van der Waals surface area contributed by atoms with Crippen LogP contribution in [0.15, 0.2) is 67.3 Å². The van der Waals surface area contributed by atoms with Crippen LogP contribution in [-0.2, 0) is 11.2 Å². The molecule has 0 spiro atoms. The van der Waals surface area contributed by atoms with Gasteiger partial charge in [0.1, 0.15) is 0 Å². The number of likely N-dealkylation sites (tertiary alicyclic amines) is 1. The van der Waals surface area contributed by atoms with Crippen LogP contribution in [0, 0.1) is 5.92 Å². The van der Waals surface area contributed by atoms with Crippen LogP contribution in [-0.4, -0.2) is 46.7 Å². The lowest BCUT2D eigenvalue weighted by Crippen LogP contribution is -2.44. The van der Waals surface area contributed by atoms with Gasteiger partial charge in [0.05, 0.1) is 17.2 Å². The number of fused-ring (bicyclic) bond motifs is 1. The first-order valence-electron chi connectivity index (χ1n) is 11.0. The lowest BCUT2D eigenvalue weighted by molar-refractivity contribution is -0.132. The van der Waals surface area contributed by atoms with Gasteiger partial charge in [0.25, 0.3) is 11.8 Å². The minimum atomic E-state index is -0.258. The maximum Gasteiger partial charge on any atom is 0.261 e. The Labute approximate surface area is 183 Å². The normalized spacial score (nSPS) is 20.5. The van der Waals surface area contributed by atoms with Gasteiger partial charge in [-0.3, -0.25) is 19.3 Å². The molecule has 2 atom stereocenters. The molecule has 0 aliphatic carbocycles. The molecule has 4 rings (SSSR count). The molecule has 2 aliphatic rings. The van der Waals surface area contributed by atoms with Crippen molar-refractivity contribution < 1.29 is 14.4 Å². The molecule has 2 heterocycles. The second-order valence-corrected chi connectivity index (χ2v) is 8.34. The summed E-state index contributed by atoms with van der Waals surface area (Å²) in [7, 11) is 0. The Bertz CT molecular complexity index is 950. The predicted molar refractivity (Wildman–Crippen MR) is 120 cm³/mol.